The molecule has 1 amide bonds. The number of carbonyl (C=O) groups excluding carboxylic acids is 1. The summed E-state index contributed by atoms with van der Waals surface area (Å²) in [6, 6.07) is 3.97. The molecule has 102 valence electrons. The Morgan fingerprint density at radius 3 is 2.68 bits per heavy atom. The Kier molecular flexibility index (Phi) is 3.66. The van der Waals surface area contributed by atoms with Gasteiger partial charge in [-0.3, -0.25) is 14.9 Å². The van der Waals surface area contributed by atoms with Gasteiger partial charge in [0.2, 0.25) is 5.91 Å². The van der Waals surface area contributed by atoms with E-state index in [4.69, 9.17) is 16.2 Å². The van der Waals surface area contributed by atoms with Crippen molar-refractivity contribution >= 4 is 11.6 Å². The Hall–Kier alpha value is -2.15. The maximum Gasteiger partial charge on any atom is 0.311 e. The van der Waals surface area contributed by atoms with Crippen molar-refractivity contribution in [2.45, 2.75) is 18.9 Å². The lowest BCUT2D eigenvalue weighted by Gasteiger charge is -2.34. The van der Waals surface area contributed by atoms with Crippen molar-refractivity contribution in [2.24, 2.45) is 17.4 Å². The van der Waals surface area contributed by atoms with Gasteiger partial charge in [-0.05, 0) is 37.4 Å². The molecule has 0 atom stereocenters. The number of nitro benzene ring substituents is 1. The average Bonchev–Trinajstić information content (AvgIpc) is 2.32. The number of hydrogen-bond acceptors (Lipinski definition) is 5. The molecular formula is C12H15N3O4. The Morgan fingerprint density at radius 1 is 1.47 bits per heavy atom. The first-order valence-electron chi connectivity index (χ1n) is 5.96. The standard InChI is InChI=1S/C12H15N3O4/c13-6-7-3-9(4-7)19-11-2-1-8(12(14)16)5-10(11)15(17)18/h1-2,5,7,9H,3-4,6,13H2,(H2,14,16). The third-order valence-electron chi connectivity index (χ3n) is 3.26. The smallest absolute Gasteiger partial charge is 0.311 e. The van der Waals surface area contributed by atoms with Gasteiger partial charge in [-0.25, -0.2) is 0 Å². The highest BCUT2D eigenvalue weighted by atomic mass is 16.6. The first-order chi connectivity index (χ1) is 9.01. The predicted molar refractivity (Wildman–Crippen MR) is 67.8 cm³/mol. The van der Waals surface area contributed by atoms with Crippen LogP contribution in [0.1, 0.15) is 23.2 Å². The van der Waals surface area contributed by atoms with Crippen LogP contribution in [0.15, 0.2) is 18.2 Å². The quantitative estimate of drug-likeness (QED) is 0.602. The Bertz CT molecular complexity index is 512. The zero-order valence-corrected chi connectivity index (χ0v) is 10.2. The van der Waals surface area contributed by atoms with Crippen LogP contribution in [-0.4, -0.2) is 23.5 Å². The van der Waals surface area contributed by atoms with Crippen LogP contribution in [0.25, 0.3) is 0 Å². The summed E-state index contributed by atoms with van der Waals surface area (Å²) in [6.45, 7) is 0.600. The predicted octanol–water partition coefficient (Wildman–Crippen LogP) is 0.810. The van der Waals surface area contributed by atoms with E-state index in [1.54, 1.807) is 0 Å². The first kappa shape index (κ1) is 13.3. The summed E-state index contributed by atoms with van der Waals surface area (Å²) in [5.74, 6) is -0.120. The van der Waals surface area contributed by atoms with Gasteiger partial charge in [0.25, 0.3) is 0 Å². The zero-order valence-electron chi connectivity index (χ0n) is 10.2. The first-order valence-corrected chi connectivity index (χ1v) is 5.96. The van der Waals surface area contributed by atoms with E-state index in [2.05, 4.69) is 0 Å². The van der Waals surface area contributed by atoms with E-state index in [9.17, 15) is 14.9 Å². The van der Waals surface area contributed by atoms with E-state index in [1.807, 2.05) is 0 Å². The van der Waals surface area contributed by atoms with Crippen LogP contribution in [0, 0.1) is 16.0 Å². The number of amides is 1. The number of nitrogens with two attached hydrogens (primary N) is 2. The van der Waals surface area contributed by atoms with Gasteiger partial charge in [0, 0.05) is 11.6 Å². The summed E-state index contributed by atoms with van der Waals surface area (Å²) in [7, 11) is 0. The van der Waals surface area contributed by atoms with Crippen molar-refractivity contribution in [3.63, 3.8) is 0 Å². The molecule has 0 aliphatic heterocycles. The molecule has 0 saturated heterocycles. The fraction of sp³-hybridized carbons (Fsp3) is 0.417. The number of ether oxygens (including phenoxy) is 1. The van der Waals surface area contributed by atoms with Crippen molar-refractivity contribution in [3.05, 3.63) is 33.9 Å². The van der Waals surface area contributed by atoms with Crippen LogP contribution in [-0.2, 0) is 0 Å². The molecule has 0 aromatic heterocycles. The lowest BCUT2D eigenvalue weighted by Crippen LogP contribution is -2.37. The van der Waals surface area contributed by atoms with E-state index < -0.39 is 10.8 Å². The van der Waals surface area contributed by atoms with Crippen LogP contribution in [0.2, 0.25) is 0 Å². The molecule has 1 aromatic carbocycles. The molecule has 7 heteroatoms. The SMILES string of the molecule is NCC1CC(Oc2ccc(C(N)=O)cc2[N+](=O)[O-])C1. The number of rotatable bonds is 5. The third kappa shape index (κ3) is 2.82. The van der Waals surface area contributed by atoms with Gasteiger partial charge in [0.1, 0.15) is 0 Å². The number of primary amides is 1. The van der Waals surface area contributed by atoms with Gasteiger partial charge in [0.05, 0.1) is 11.0 Å². The molecular weight excluding hydrogens is 250 g/mol. The molecule has 7 nitrogen and oxygen atoms in total. The monoisotopic (exact) mass is 265 g/mol. The van der Waals surface area contributed by atoms with Crippen LogP contribution < -0.4 is 16.2 Å². The Balaban J connectivity index is 2.16. The van der Waals surface area contributed by atoms with E-state index in [-0.39, 0.29) is 23.1 Å². The topological polar surface area (TPSA) is 121 Å². The van der Waals surface area contributed by atoms with Gasteiger partial charge in [-0.1, -0.05) is 0 Å². The molecule has 19 heavy (non-hydrogen) atoms. The molecule has 0 spiro atoms. The number of benzene rings is 1. The second-order valence-corrected chi connectivity index (χ2v) is 4.62. The van der Waals surface area contributed by atoms with Gasteiger partial charge in [-0.2, -0.15) is 0 Å². The minimum atomic E-state index is -0.707. The minimum absolute atomic E-state index is 0.0494. The molecule has 1 aliphatic carbocycles. The van der Waals surface area contributed by atoms with E-state index >= 15 is 0 Å². The van der Waals surface area contributed by atoms with Gasteiger partial charge < -0.3 is 16.2 Å². The third-order valence-corrected chi connectivity index (χ3v) is 3.26. The molecule has 2 rings (SSSR count). The molecule has 0 bridgehead atoms. The molecule has 1 saturated carbocycles. The highest BCUT2D eigenvalue weighted by molar-refractivity contribution is 5.93. The summed E-state index contributed by atoms with van der Waals surface area (Å²) in [5.41, 5.74) is 10.4. The fourth-order valence-electron chi connectivity index (χ4n) is 2.06. The van der Waals surface area contributed by atoms with Crippen LogP contribution >= 0.6 is 0 Å². The van der Waals surface area contributed by atoms with Gasteiger partial charge in [-0.15, -0.1) is 0 Å². The van der Waals surface area contributed by atoms with E-state index in [0.29, 0.717) is 12.5 Å². The van der Waals surface area contributed by atoms with Crippen molar-refractivity contribution in [2.75, 3.05) is 6.54 Å². The average molecular weight is 265 g/mol. The Labute approximate surface area is 109 Å². The highest BCUT2D eigenvalue weighted by Gasteiger charge is 2.31. The number of carbonyl (C=O) groups is 1. The van der Waals surface area contributed by atoms with Crippen LogP contribution in [0.4, 0.5) is 5.69 Å². The maximum absolute atomic E-state index is 11.0. The van der Waals surface area contributed by atoms with E-state index in [0.717, 1.165) is 18.9 Å². The zero-order chi connectivity index (χ0) is 14.0. The summed E-state index contributed by atoms with van der Waals surface area (Å²) >= 11 is 0. The van der Waals surface area contributed by atoms with Crippen molar-refractivity contribution < 1.29 is 14.5 Å². The largest absolute Gasteiger partial charge is 0.483 e. The molecule has 0 unspecified atom stereocenters. The van der Waals surface area contributed by atoms with Crippen molar-refractivity contribution in [1.29, 1.82) is 0 Å². The molecule has 0 heterocycles. The summed E-state index contributed by atoms with van der Waals surface area (Å²) in [4.78, 5) is 21.4. The fourth-order valence-corrected chi connectivity index (χ4v) is 2.06. The summed E-state index contributed by atoms with van der Waals surface area (Å²) < 4.78 is 5.56. The maximum atomic E-state index is 11.0. The molecule has 1 fully saturated rings. The normalized spacial score (nSPS) is 21.5. The summed E-state index contributed by atoms with van der Waals surface area (Å²) in [6.07, 6.45) is 1.54. The lowest BCUT2D eigenvalue weighted by atomic mass is 9.82. The van der Waals surface area contributed by atoms with Crippen LogP contribution in [0.5, 0.6) is 5.75 Å². The lowest BCUT2D eigenvalue weighted by molar-refractivity contribution is -0.386. The molecule has 4 N–H and O–H groups in total. The second kappa shape index (κ2) is 5.23. The summed E-state index contributed by atoms with van der Waals surface area (Å²) in [5, 5.41) is 11.0. The molecule has 1 aromatic rings. The molecule has 1 aliphatic rings. The van der Waals surface area contributed by atoms with E-state index in [1.165, 1.54) is 12.1 Å². The van der Waals surface area contributed by atoms with Crippen molar-refractivity contribution in [3.8, 4) is 5.75 Å². The van der Waals surface area contributed by atoms with Gasteiger partial charge >= 0.3 is 5.69 Å². The van der Waals surface area contributed by atoms with Gasteiger partial charge in [0.15, 0.2) is 5.75 Å². The number of hydrogen-bond donors (Lipinski definition) is 2. The highest BCUT2D eigenvalue weighted by Crippen LogP contribution is 2.35. The number of nitro groups is 1. The van der Waals surface area contributed by atoms with Crippen LogP contribution in [0.3, 0.4) is 0 Å². The minimum Gasteiger partial charge on any atom is -0.483 e. The number of nitrogens with zero attached hydrogens (tertiary/aromatic N) is 1. The second-order valence-electron chi connectivity index (χ2n) is 4.62. The molecule has 0 radical (unpaired) electrons. The Morgan fingerprint density at radius 2 is 2.16 bits per heavy atom. The van der Waals surface area contributed by atoms with Crippen molar-refractivity contribution in [1.82, 2.24) is 0 Å².